The minimum atomic E-state index is 0.269. The third kappa shape index (κ3) is 1.56. The molecule has 4 heterocycles. The SMILES string of the molecule is O=C1C=CCC2C3CC(CN12)C1CCCCN1C3. The molecule has 4 rings (SSSR count). The summed E-state index contributed by atoms with van der Waals surface area (Å²) < 4.78 is 0. The largest absolute Gasteiger partial charge is 0.335 e. The summed E-state index contributed by atoms with van der Waals surface area (Å²) in [6.07, 6.45) is 10.5. The van der Waals surface area contributed by atoms with Crippen molar-refractivity contribution in [2.45, 2.75) is 44.2 Å². The molecular weight excluding hydrogens is 224 g/mol. The molecule has 0 aliphatic carbocycles. The fourth-order valence-corrected chi connectivity index (χ4v) is 4.79. The highest BCUT2D eigenvalue weighted by molar-refractivity contribution is 5.88. The third-order valence-electron chi connectivity index (χ3n) is 5.58. The van der Waals surface area contributed by atoms with Gasteiger partial charge in [0.15, 0.2) is 0 Å². The summed E-state index contributed by atoms with van der Waals surface area (Å²) in [5.41, 5.74) is 0. The first-order valence-corrected chi connectivity index (χ1v) is 7.54. The standard InChI is InChI=1S/C15H22N2O/c18-15-6-3-5-14-11-8-12(10-17(14)15)13-4-1-2-7-16(13)9-11/h3,6,11-14H,1-2,4-5,7-10H2. The van der Waals surface area contributed by atoms with E-state index in [2.05, 4.69) is 15.9 Å². The number of carbonyl (C=O) groups is 1. The molecule has 0 spiro atoms. The summed E-state index contributed by atoms with van der Waals surface area (Å²) in [6.45, 7) is 3.56. The van der Waals surface area contributed by atoms with Gasteiger partial charge in [0.05, 0.1) is 0 Å². The van der Waals surface area contributed by atoms with Crippen LogP contribution < -0.4 is 0 Å². The molecule has 4 aliphatic heterocycles. The third-order valence-corrected chi connectivity index (χ3v) is 5.58. The maximum atomic E-state index is 12.0. The van der Waals surface area contributed by atoms with Crippen molar-refractivity contribution in [1.29, 1.82) is 0 Å². The van der Waals surface area contributed by atoms with Crippen LogP contribution >= 0.6 is 0 Å². The minimum Gasteiger partial charge on any atom is -0.335 e. The van der Waals surface area contributed by atoms with Crippen molar-refractivity contribution in [2.75, 3.05) is 19.6 Å². The molecule has 0 N–H and O–H groups in total. The Labute approximate surface area is 109 Å². The molecule has 1 amide bonds. The Hall–Kier alpha value is -0.830. The quantitative estimate of drug-likeness (QED) is 0.649. The second-order valence-corrected chi connectivity index (χ2v) is 6.51. The predicted octanol–water partition coefficient (Wildman–Crippen LogP) is 1.65. The highest BCUT2D eigenvalue weighted by atomic mass is 16.2. The average Bonchev–Trinajstić information content (AvgIpc) is 2.40. The number of amides is 1. The minimum absolute atomic E-state index is 0.269. The number of fused-ring (bicyclic) bond motifs is 6. The number of hydrogen-bond donors (Lipinski definition) is 0. The van der Waals surface area contributed by atoms with Gasteiger partial charge in [-0.05, 0) is 50.1 Å². The summed E-state index contributed by atoms with van der Waals surface area (Å²) in [5.74, 6) is 1.74. The number of nitrogens with zero attached hydrogens (tertiary/aromatic N) is 2. The summed E-state index contributed by atoms with van der Waals surface area (Å²) >= 11 is 0. The molecule has 0 saturated carbocycles. The van der Waals surface area contributed by atoms with Crippen molar-refractivity contribution >= 4 is 5.91 Å². The van der Waals surface area contributed by atoms with Gasteiger partial charge in [-0.25, -0.2) is 0 Å². The van der Waals surface area contributed by atoms with Crippen molar-refractivity contribution in [3.63, 3.8) is 0 Å². The van der Waals surface area contributed by atoms with E-state index in [0.717, 1.165) is 30.8 Å². The predicted molar refractivity (Wildman–Crippen MR) is 70.1 cm³/mol. The first-order chi connectivity index (χ1) is 8.83. The lowest BCUT2D eigenvalue weighted by Crippen LogP contribution is -2.63. The van der Waals surface area contributed by atoms with Gasteiger partial charge in [0.2, 0.25) is 5.91 Å². The molecule has 98 valence electrons. The normalized spacial score (nSPS) is 43.6. The zero-order valence-corrected chi connectivity index (χ0v) is 10.9. The van der Waals surface area contributed by atoms with Gasteiger partial charge in [-0.3, -0.25) is 9.69 Å². The molecule has 3 heteroatoms. The molecule has 4 atom stereocenters. The van der Waals surface area contributed by atoms with Crippen LogP contribution in [0, 0.1) is 11.8 Å². The number of carbonyl (C=O) groups excluding carboxylic acids is 1. The van der Waals surface area contributed by atoms with Crippen LogP contribution in [0.4, 0.5) is 0 Å². The van der Waals surface area contributed by atoms with Crippen LogP contribution in [0.3, 0.4) is 0 Å². The highest BCUT2D eigenvalue weighted by Crippen LogP contribution is 2.41. The summed E-state index contributed by atoms with van der Waals surface area (Å²) in [4.78, 5) is 17.0. The van der Waals surface area contributed by atoms with Gasteiger partial charge in [-0.2, -0.15) is 0 Å². The fourth-order valence-electron chi connectivity index (χ4n) is 4.79. The van der Waals surface area contributed by atoms with E-state index in [4.69, 9.17) is 0 Å². The number of piperidine rings is 3. The van der Waals surface area contributed by atoms with Gasteiger partial charge in [-0.1, -0.05) is 12.5 Å². The van der Waals surface area contributed by atoms with Crippen molar-refractivity contribution in [2.24, 2.45) is 11.8 Å². The molecule has 2 bridgehead atoms. The van der Waals surface area contributed by atoms with Gasteiger partial charge < -0.3 is 4.90 Å². The van der Waals surface area contributed by atoms with Gasteiger partial charge in [0, 0.05) is 25.2 Å². The van der Waals surface area contributed by atoms with Crippen molar-refractivity contribution in [3.05, 3.63) is 12.2 Å². The molecule has 0 aromatic heterocycles. The second kappa shape index (κ2) is 4.09. The Kier molecular flexibility index (Phi) is 2.51. The molecule has 4 aliphatic rings. The van der Waals surface area contributed by atoms with Gasteiger partial charge >= 0.3 is 0 Å². The van der Waals surface area contributed by atoms with Crippen LogP contribution in [0.15, 0.2) is 12.2 Å². The fraction of sp³-hybridized carbons (Fsp3) is 0.800. The molecule has 3 nitrogen and oxygen atoms in total. The average molecular weight is 246 g/mol. The van der Waals surface area contributed by atoms with E-state index in [-0.39, 0.29) is 5.91 Å². The van der Waals surface area contributed by atoms with Gasteiger partial charge in [0.1, 0.15) is 0 Å². The summed E-state index contributed by atoms with van der Waals surface area (Å²) in [5, 5.41) is 0. The topological polar surface area (TPSA) is 23.6 Å². The van der Waals surface area contributed by atoms with Crippen molar-refractivity contribution in [3.8, 4) is 0 Å². The highest BCUT2D eigenvalue weighted by Gasteiger charge is 2.47. The number of rotatable bonds is 0. The molecule has 0 radical (unpaired) electrons. The molecule has 0 aromatic carbocycles. The van der Waals surface area contributed by atoms with Crippen LogP contribution in [0.1, 0.15) is 32.1 Å². The van der Waals surface area contributed by atoms with Crippen LogP contribution in [-0.2, 0) is 4.79 Å². The molecule has 18 heavy (non-hydrogen) atoms. The smallest absolute Gasteiger partial charge is 0.246 e. The Balaban J connectivity index is 1.62. The second-order valence-electron chi connectivity index (χ2n) is 6.51. The lowest BCUT2D eigenvalue weighted by Gasteiger charge is -2.56. The lowest BCUT2D eigenvalue weighted by atomic mass is 9.71. The monoisotopic (exact) mass is 246 g/mol. The first-order valence-electron chi connectivity index (χ1n) is 7.54. The van der Waals surface area contributed by atoms with E-state index in [1.165, 1.54) is 38.8 Å². The van der Waals surface area contributed by atoms with Gasteiger partial charge in [-0.15, -0.1) is 0 Å². The molecular formula is C15H22N2O. The van der Waals surface area contributed by atoms with Gasteiger partial charge in [0.25, 0.3) is 0 Å². The van der Waals surface area contributed by atoms with Crippen LogP contribution in [0.5, 0.6) is 0 Å². The zero-order chi connectivity index (χ0) is 12.1. The molecule has 4 unspecified atom stereocenters. The first kappa shape index (κ1) is 11.0. The maximum absolute atomic E-state index is 12.0. The zero-order valence-electron chi connectivity index (χ0n) is 10.9. The molecule has 3 fully saturated rings. The van der Waals surface area contributed by atoms with E-state index in [0.29, 0.717) is 6.04 Å². The van der Waals surface area contributed by atoms with E-state index in [1.54, 1.807) is 6.08 Å². The van der Waals surface area contributed by atoms with E-state index >= 15 is 0 Å². The Bertz CT molecular complexity index is 392. The summed E-state index contributed by atoms with van der Waals surface area (Å²) in [6, 6.07) is 1.27. The molecule has 0 aromatic rings. The van der Waals surface area contributed by atoms with E-state index < -0.39 is 0 Å². The molecule has 3 saturated heterocycles. The van der Waals surface area contributed by atoms with E-state index in [1.807, 2.05) is 0 Å². The lowest BCUT2D eigenvalue weighted by molar-refractivity contribution is -0.139. The Morgan fingerprint density at radius 1 is 1.11 bits per heavy atom. The number of hydrogen-bond acceptors (Lipinski definition) is 2. The van der Waals surface area contributed by atoms with Crippen LogP contribution in [0.25, 0.3) is 0 Å². The summed E-state index contributed by atoms with van der Waals surface area (Å²) in [7, 11) is 0. The van der Waals surface area contributed by atoms with Crippen LogP contribution in [0.2, 0.25) is 0 Å². The maximum Gasteiger partial charge on any atom is 0.246 e. The van der Waals surface area contributed by atoms with Crippen LogP contribution in [-0.4, -0.2) is 47.4 Å². The Morgan fingerprint density at radius 2 is 2.00 bits per heavy atom. The van der Waals surface area contributed by atoms with Crippen molar-refractivity contribution < 1.29 is 4.79 Å². The van der Waals surface area contributed by atoms with Crippen molar-refractivity contribution in [1.82, 2.24) is 9.80 Å². The Morgan fingerprint density at radius 3 is 2.94 bits per heavy atom. The van der Waals surface area contributed by atoms with E-state index in [9.17, 15) is 4.79 Å².